The summed E-state index contributed by atoms with van der Waals surface area (Å²) in [6.45, 7) is 4.69. The van der Waals surface area contributed by atoms with Crippen molar-refractivity contribution >= 4 is 11.4 Å². The summed E-state index contributed by atoms with van der Waals surface area (Å²) in [5.41, 5.74) is 7.96. The van der Waals surface area contributed by atoms with E-state index in [9.17, 15) is 0 Å². The number of hydrogen-bond acceptors (Lipinski definition) is 4. The maximum Gasteiger partial charge on any atom is 0.0992 e. The fourth-order valence-corrected chi connectivity index (χ4v) is 1.69. The van der Waals surface area contributed by atoms with Crippen LogP contribution in [0.4, 0.5) is 11.4 Å². The van der Waals surface area contributed by atoms with Crippen molar-refractivity contribution in [1.82, 2.24) is 0 Å². The zero-order chi connectivity index (χ0) is 12.8. The highest BCUT2D eigenvalue weighted by molar-refractivity contribution is 5.70. The third-order valence-electron chi connectivity index (χ3n) is 2.56. The molecule has 4 nitrogen and oxygen atoms in total. The summed E-state index contributed by atoms with van der Waals surface area (Å²) in [5, 5.41) is 17.5. The van der Waals surface area contributed by atoms with Crippen molar-refractivity contribution in [1.29, 1.82) is 10.5 Å². The molecule has 0 spiro atoms. The highest BCUT2D eigenvalue weighted by Gasteiger charge is 2.13. The van der Waals surface area contributed by atoms with E-state index >= 15 is 0 Å². The predicted molar refractivity (Wildman–Crippen MR) is 68.3 cm³/mol. The number of nitriles is 2. The Hall–Kier alpha value is -2.20. The molecule has 17 heavy (non-hydrogen) atoms. The minimum Gasteiger partial charge on any atom is -0.397 e. The number of nitrogens with two attached hydrogens (primary N) is 1. The van der Waals surface area contributed by atoms with E-state index < -0.39 is 0 Å². The second kappa shape index (κ2) is 5.77. The molecule has 0 atom stereocenters. The van der Waals surface area contributed by atoms with E-state index in [-0.39, 0.29) is 6.04 Å². The van der Waals surface area contributed by atoms with Gasteiger partial charge in [0, 0.05) is 12.6 Å². The second-order valence-electron chi connectivity index (χ2n) is 4.08. The lowest BCUT2D eigenvalue weighted by atomic mass is 10.1. The fourth-order valence-electron chi connectivity index (χ4n) is 1.69. The summed E-state index contributed by atoms with van der Waals surface area (Å²) in [5.74, 6) is 0. The van der Waals surface area contributed by atoms with E-state index in [1.165, 1.54) is 0 Å². The fraction of sp³-hybridized carbons (Fsp3) is 0.385. The summed E-state index contributed by atoms with van der Waals surface area (Å²) < 4.78 is 0. The summed E-state index contributed by atoms with van der Waals surface area (Å²) in [7, 11) is 0. The van der Waals surface area contributed by atoms with Crippen molar-refractivity contribution in [3.63, 3.8) is 0 Å². The maximum atomic E-state index is 8.89. The summed E-state index contributed by atoms with van der Waals surface area (Å²) >= 11 is 0. The van der Waals surface area contributed by atoms with E-state index in [2.05, 4.69) is 12.1 Å². The molecule has 2 N–H and O–H groups in total. The molecule has 1 aromatic rings. The first-order chi connectivity index (χ1) is 8.10. The van der Waals surface area contributed by atoms with Gasteiger partial charge in [-0.15, -0.1) is 0 Å². The van der Waals surface area contributed by atoms with E-state index in [4.69, 9.17) is 16.3 Å². The highest BCUT2D eigenvalue weighted by atomic mass is 15.2. The molecule has 0 radical (unpaired) electrons. The first-order valence-electron chi connectivity index (χ1n) is 5.53. The Morgan fingerprint density at radius 2 is 2.06 bits per heavy atom. The quantitative estimate of drug-likeness (QED) is 0.802. The smallest absolute Gasteiger partial charge is 0.0992 e. The van der Waals surface area contributed by atoms with Crippen molar-refractivity contribution in [3.8, 4) is 12.1 Å². The normalized spacial score (nSPS) is 9.71. The molecule has 1 aromatic carbocycles. The average Bonchev–Trinajstić information content (AvgIpc) is 2.31. The van der Waals surface area contributed by atoms with Crippen LogP contribution in [-0.4, -0.2) is 12.6 Å². The molecule has 0 saturated heterocycles. The molecule has 0 fully saturated rings. The molecule has 0 saturated carbocycles. The van der Waals surface area contributed by atoms with Gasteiger partial charge in [-0.25, -0.2) is 0 Å². The third-order valence-corrected chi connectivity index (χ3v) is 2.56. The lowest BCUT2D eigenvalue weighted by Crippen LogP contribution is -2.32. The Morgan fingerprint density at radius 3 is 2.59 bits per heavy atom. The van der Waals surface area contributed by atoms with Crippen LogP contribution < -0.4 is 10.6 Å². The van der Waals surface area contributed by atoms with Gasteiger partial charge in [-0.05, 0) is 32.0 Å². The van der Waals surface area contributed by atoms with Crippen LogP contribution in [-0.2, 0) is 0 Å². The average molecular weight is 228 g/mol. The van der Waals surface area contributed by atoms with Crippen LogP contribution in [0, 0.1) is 22.7 Å². The van der Waals surface area contributed by atoms with Crippen LogP contribution in [0.3, 0.4) is 0 Å². The van der Waals surface area contributed by atoms with Gasteiger partial charge in [0.2, 0.25) is 0 Å². The largest absolute Gasteiger partial charge is 0.397 e. The molecular formula is C13H16N4. The summed E-state index contributed by atoms with van der Waals surface area (Å²) in [6, 6.07) is 9.65. The van der Waals surface area contributed by atoms with Crippen LogP contribution >= 0.6 is 0 Å². The molecule has 88 valence electrons. The first kappa shape index (κ1) is 12.9. The van der Waals surface area contributed by atoms with Crippen LogP contribution in [0.5, 0.6) is 0 Å². The second-order valence-corrected chi connectivity index (χ2v) is 4.08. The molecular weight excluding hydrogens is 212 g/mol. The van der Waals surface area contributed by atoms with Gasteiger partial charge in [-0.1, -0.05) is 0 Å². The van der Waals surface area contributed by atoms with Crippen LogP contribution in [0.25, 0.3) is 0 Å². The first-order valence-corrected chi connectivity index (χ1v) is 5.53. The molecule has 0 amide bonds. The number of benzene rings is 1. The van der Waals surface area contributed by atoms with E-state index in [0.29, 0.717) is 24.2 Å². The number of anilines is 2. The lowest BCUT2D eigenvalue weighted by Gasteiger charge is -2.29. The Labute approximate surface area is 102 Å². The molecule has 1 rings (SSSR count). The number of hydrogen-bond donors (Lipinski definition) is 1. The minimum absolute atomic E-state index is 0.236. The van der Waals surface area contributed by atoms with Crippen molar-refractivity contribution in [2.24, 2.45) is 0 Å². The molecule has 0 aromatic heterocycles. The van der Waals surface area contributed by atoms with Gasteiger partial charge in [-0.2, -0.15) is 10.5 Å². The predicted octanol–water partition coefficient (Wildman–Crippen LogP) is 2.27. The number of nitrogens with zero attached hydrogens (tertiary/aromatic N) is 3. The van der Waals surface area contributed by atoms with Crippen LogP contribution in [0.1, 0.15) is 25.8 Å². The Morgan fingerprint density at radius 1 is 1.35 bits per heavy atom. The molecule has 0 unspecified atom stereocenters. The Kier molecular flexibility index (Phi) is 4.37. The maximum absolute atomic E-state index is 8.89. The van der Waals surface area contributed by atoms with Gasteiger partial charge in [0.25, 0.3) is 0 Å². The van der Waals surface area contributed by atoms with Crippen molar-refractivity contribution in [2.75, 3.05) is 17.2 Å². The van der Waals surface area contributed by atoms with Gasteiger partial charge in [0.05, 0.1) is 35.5 Å². The molecule has 0 aliphatic rings. The van der Waals surface area contributed by atoms with Gasteiger partial charge >= 0.3 is 0 Å². The molecule has 0 heterocycles. The number of nitrogen functional groups attached to an aromatic ring is 1. The van der Waals surface area contributed by atoms with E-state index in [0.717, 1.165) is 5.69 Å². The van der Waals surface area contributed by atoms with E-state index in [1.807, 2.05) is 18.7 Å². The van der Waals surface area contributed by atoms with Gasteiger partial charge in [-0.3, -0.25) is 0 Å². The van der Waals surface area contributed by atoms with Crippen molar-refractivity contribution in [3.05, 3.63) is 23.8 Å². The standard InChI is InChI=1S/C13H16N4/c1-10(2)17(7-3-6-14)13-8-11(9-15)4-5-12(13)16/h4-5,8,10H,3,7,16H2,1-2H3. The minimum atomic E-state index is 0.236. The molecule has 0 aliphatic heterocycles. The van der Waals surface area contributed by atoms with Gasteiger partial charge in [0.1, 0.15) is 0 Å². The van der Waals surface area contributed by atoms with Crippen LogP contribution in [0.2, 0.25) is 0 Å². The third kappa shape index (κ3) is 3.12. The van der Waals surface area contributed by atoms with Crippen LogP contribution in [0.15, 0.2) is 18.2 Å². The van der Waals surface area contributed by atoms with E-state index in [1.54, 1.807) is 18.2 Å². The van der Waals surface area contributed by atoms with Gasteiger partial charge in [0.15, 0.2) is 0 Å². The summed E-state index contributed by atoms with van der Waals surface area (Å²) in [4.78, 5) is 2.04. The van der Waals surface area contributed by atoms with Crippen molar-refractivity contribution < 1.29 is 0 Å². The molecule has 0 aliphatic carbocycles. The van der Waals surface area contributed by atoms with Gasteiger partial charge < -0.3 is 10.6 Å². The zero-order valence-corrected chi connectivity index (χ0v) is 10.1. The molecule has 0 bridgehead atoms. The Bertz CT molecular complexity index is 465. The monoisotopic (exact) mass is 228 g/mol. The Balaban J connectivity index is 3.09. The topological polar surface area (TPSA) is 76.8 Å². The van der Waals surface area contributed by atoms with Crippen molar-refractivity contribution in [2.45, 2.75) is 26.3 Å². The number of rotatable bonds is 4. The summed E-state index contributed by atoms with van der Waals surface area (Å²) in [6.07, 6.45) is 0.439. The lowest BCUT2D eigenvalue weighted by molar-refractivity contribution is 0.687. The zero-order valence-electron chi connectivity index (χ0n) is 10.1. The SMILES string of the molecule is CC(C)N(CCC#N)c1cc(C#N)ccc1N. The molecule has 4 heteroatoms. The highest BCUT2D eigenvalue weighted by Crippen LogP contribution is 2.26.